The summed E-state index contributed by atoms with van der Waals surface area (Å²) in [5, 5.41) is 4.57. The van der Waals surface area contributed by atoms with Gasteiger partial charge in [-0.05, 0) is 42.8 Å². The Kier molecular flexibility index (Phi) is 4.37. The van der Waals surface area contributed by atoms with E-state index in [-0.39, 0.29) is 0 Å². The summed E-state index contributed by atoms with van der Waals surface area (Å²) in [4.78, 5) is 16.3. The van der Waals surface area contributed by atoms with Crippen molar-refractivity contribution < 1.29 is 9.53 Å². The Morgan fingerprint density at radius 3 is 2.78 bits per heavy atom. The van der Waals surface area contributed by atoms with Gasteiger partial charge in [0.15, 0.2) is 5.75 Å². The van der Waals surface area contributed by atoms with E-state index in [1.54, 1.807) is 42.6 Å². The molecule has 0 radical (unpaired) electrons. The van der Waals surface area contributed by atoms with E-state index >= 15 is 0 Å². The number of anilines is 1. The van der Waals surface area contributed by atoms with Crippen LogP contribution in [0, 0.1) is 6.92 Å². The van der Waals surface area contributed by atoms with Gasteiger partial charge < -0.3 is 4.74 Å². The third-order valence-electron chi connectivity index (χ3n) is 3.31. The summed E-state index contributed by atoms with van der Waals surface area (Å²) in [6.07, 6.45) is 0.961. The first-order valence-corrected chi connectivity index (χ1v) is 7.58. The second-order valence-corrected chi connectivity index (χ2v) is 5.76. The lowest BCUT2D eigenvalue weighted by molar-refractivity contribution is 0.215. The second kappa shape index (κ2) is 6.44. The Bertz CT molecular complexity index is 897. The van der Waals surface area contributed by atoms with Crippen LogP contribution in [0.25, 0.3) is 10.9 Å². The quantitative estimate of drug-likeness (QED) is 0.670. The summed E-state index contributed by atoms with van der Waals surface area (Å²) in [6.45, 7) is 1.85. The van der Waals surface area contributed by atoms with Gasteiger partial charge in [-0.2, -0.15) is 0 Å². The highest BCUT2D eigenvalue weighted by molar-refractivity contribution is 6.35. The van der Waals surface area contributed by atoms with Gasteiger partial charge in [0.25, 0.3) is 0 Å². The largest absolute Gasteiger partial charge is 0.417 e. The third-order valence-corrected chi connectivity index (χ3v) is 3.87. The number of pyridine rings is 1. The van der Waals surface area contributed by atoms with Gasteiger partial charge in [-0.25, -0.2) is 4.79 Å². The van der Waals surface area contributed by atoms with E-state index in [1.165, 1.54) is 0 Å². The van der Waals surface area contributed by atoms with Crippen LogP contribution < -0.4 is 10.1 Å². The maximum atomic E-state index is 12.1. The van der Waals surface area contributed by atoms with Gasteiger partial charge in [0.2, 0.25) is 0 Å². The van der Waals surface area contributed by atoms with Crippen LogP contribution in [0.15, 0.2) is 48.7 Å². The van der Waals surface area contributed by atoms with Crippen LogP contribution in [0.1, 0.15) is 5.56 Å². The van der Waals surface area contributed by atoms with Crippen LogP contribution in [0.5, 0.6) is 5.75 Å². The predicted octanol–water partition coefficient (Wildman–Crippen LogP) is 5.46. The number of hydrogen-bond donors (Lipinski definition) is 1. The zero-order chi connectivity index (χ0) is 16.4. The summed E-state index contributed by atoms with van der Waals surface area (Å²) < 4.78 is 5.37. The van der Waals surface area contributed by atoms with Crippen LogP contribution in [-0.4, -0.2) is 11.1 Å². The normalized spacial score (nSPS) is 10.6. The minimum absolute atomic E-state index is 0.342. The Hall–Kier alpha value is -2.30. The number of nitrogens with zero attached hydrogens (tertiary/aromatic N) is 1. The van der Waals surface area contributed by atoms with Crippen molar-refractivity contribution in [2.24, 2.45) is 0 Å². The van der Waals surface area contributed by atoms with Gasteiger partial charge in [0.1, 0.15) is 5.52 Å². The number of aryl methyl sites for hydroxylation is 1. The smallest absolute Gasteiger partial charge is 0.408 e. The molecule has 0 aliphatic rings. The van der Waals surface area contributed by atoms with Crippen LogP contribution >= 0.6 is 23.2 Å². The molecule has 3 rings (SSSR count). The molecule has 2 aromatic carbocycles. The molecule has 0 bridgehead atoms. The fraction of sp³-hybridized carbons (Fsp3) is 0.0588. The molecule has 116 valence electrons. The van der Waals surface area contributed by atoms with Gasteiger partial charge in [-0.1, -0.05) is 35.3 Å². The Labute approximate surface area is 143 Å². The summed E-state index contributed by atoms with van der Waals surface area (Å²) in [7, 11) is 0. The lowest BCUT2D eigenvalue weighted by Gasteiger charge is -2.10. The van der Waals surface area contributed by atoms with E-state index in [0.29, 0.717) is 27.0 Å². The molecule has 1 amide bonds. The van der Waals surface area contributed by atoms with Crippen LogP contribution in [0.2, 0.25) is 10.0 Å². The Morgan fingerprint density at radius 2 is 2.00 bits per heavy atom. The first-order chi connectivity index (χ1) is 11.0. The molecule has 6 heteroatoms. The number of rotatable bonds is 2. The minimum Gasteiger partial charge on any atom is -0.408 e. The lowest BCUT2D eigenvalue weighted by atomic mass is 10.2. The van der Waals surface area contributed by atoms with Gasteiger partial charge >= 0.3 is 6.09 Å². The van der Waals surface area contributed by atoms with Crippen molar-refractivity contribution >= 4 is 45.9 Å². The SMILES string of the molecule is Cc1cc(Cl)ccc1NC(=O)Oc1cccc2c(Cl)ccnc12. The Balaban J connectivity index is 1.85. The summed E-state index contributed by atoms with van der Waals surface area (Å²) in [6, 6.07) is 12.1. The van der Waals surface area contributed by atoms with E-state index < -0.39 is 6.09 Å². The molecule has 1 heterocycles. The highest BCUT2D eigenvalue weighted by Gasteiger charge is 2.11. The van der Waals surface area contributed by atoms with Crippen molar-refractivity contribution in [3.05, 3.63) is 64.3 Å². The first kappa shape index (κ1) is 15.6. The van der Waals surface area contributed by atoms with Crippen LogP contribution in [0.3, 0.4) is 0 Å². The number of nitrogens with one attached hydrogen (secondary N) is 1. The van der Waals surface area contributed by atoms with Gasteiger partial charge in [-0.3, -0.25) is 10.3 Å². The van der Waals surface area contributed by atoms with Crippen LogP contribution in [0.4, 0.5) is 10.5 Å². The molecule has 1 N–H and O–H groups in total. The zero-order valence-corrected chi connectivity index (χ0v) is 13.7. The molecule has 0 saturated heterocycles. The number of hydrogen-bond acceptors (Lipinski definition) is 3. The van der Waals surface area contributed by atoms with Crippen molar-refractivity contribution in [1.29, 1.82) is 0 Å². The molecular weight excluding hydrogens is 335 g/mol. The van der Waals surface area contributed by atoms with Crippen molar-refractivity contribution in [2.45, 2.75) is 6.92 Å². The molecule has 0 saturated carbocycles. The maximum absolute atomic E-state index is 12.1. The van der Waals surface area contributed by atoms with Crippen molar-refractivity contribution in [3.8, 4) is 5.75 Å². The molecule has 0 fully saturated rings. The summed E-state index contributed by atoms with van der Waals surface area (Å²) in [5.41, 5.74) is 2.00. The second-order valence-electron chi connectivity index (χ2n) is 4.92. The summed E-state index contributed by atoms with van der Waals surface area (Å²) >= 11 is 12.0. The number of halogens is 2. The van der Waals surface area contributed by atoms with E-state index in [0.717, 1.165) is 10.9 Å². The van der Waals surface area contributed by atoms with E-state index in [4.69, 9.17) is 27.9 Å². The molecule has 23 heavy (non-hydrogen) atoms. The number of carbonyl (C=O) groups excluding carboxylic acids is 1. The molecule has 4 nitrogen and oxygen atoms in total. The lowest BCUT2D eigenvalue weighted by Crippen LogP contribution is -2.17. The highest BCUT2D eigenvalue weighted by Crippen LogP contribution is 2.29. The van der Waals surface area contributed by atoms with Crippen molar-refractivity contribution in [3.63, 3.8) is 0 Å². The number of carbonyl (C=O) groups is 1. The monoisotopic (exact) mass is 346 g/mol. The third kappa shape index (κ3) is 3.38. The van der Waals surface area contributed by atoms with Crippen molar-refractivity contribution in [2.75, 3.05) is 5.32 Å². The average molecular weight is 347 g/mol. The molecule has 1 aromatic heterocycles. The van der Waals surface area contributed by atoms with E-state index in [2.05, 4.69) is 10.3 Å². The fourth-order valence-electron chi connectivity index (χ4n) is 2.20. The minimum atomic E-state index is -0.607. The topological polar surface area (TPSA) is 51.2 Å². The zero-order valence-electron chi connectivity index (χ0n) is 12.1. The summed E-state index contributed by atoms with van der Waals surface area (Å²) in [5.74, 6) is 0.342. The molecule has 0 unspecified atom stereocenters. The highest BCUT2D eigenvalue weighted by atomic mass is 35.5. The molecule has 0 aliphatic heterocycles. The van der Waals surface area contributed by atoms with E-state index in [9.17, 15) is 4.79 Å². The van der Waals surface area contributed by atoms with Crippen LogP contribution in [-0.2, 0) is 0 Å². The average Bonchev–Trinajstić information content (AvgIpc) is 2.51. The van der Waals surface area contributed by atoms with Gasteiger partial charge in [-0.15, -0.1) is 0 Å². The standard InChI is InChI=1S/C17H12Cl2N2O2/c1-10-9-11(18)5-6-14(10)21-17(22)23-15-4-2-3-12-13(19)7-8-20-16(12)15/h2-9H,1H3,(H,21,22). The fourth-order valence-corrected chi connectivity index (χ4v) is 2.64. The number of ether oxygens (including phenoxy) is 1. The number of fused-ring (bicyclic) bond motifs is 1. The number of benzene rings is 2. The molecule has 0 atom stereocenters. The number of para-hydroxylation sites is 1. The van der Waals surface area contributed by atoms with E-state index in [1.807, 2.05) is 13.0 Å². The van der Waals surface area contributed by atoms with Gasteiger partial charge in [0, 0.05) is 22.3 Å². The first-order valence-electron chi connectivity index (χ1n) is 6.83. The maximum Gasteiger partial charge on any atom is 0.417 e. The number of aromatic nitrogens is 1. The molecule has 0 aliphatic carbocycles. The molecule has 0 spiro atoms. The van der Waals surface area contributed by atoms with Gasteiger partial charge in [0.05, 0.1) is 5.02 Å². The predicted molar refractivity (Wildman–Crippen MR) is 92.6 cm³/mol. The van der Waals surface area contributed by atoms with Crippen molar-refractivity contribution in [1.82, 2.24) is 4.98 Å². The molecule has 3 aromatic rings. The Morgan fingerprint density at radius 1 is 1.17 bits per heavy atom. The molecular formula is C17H12Cl2N2O2. The number of amides is 1.